The Bertz CT molecular complexity index is 741. The number of ether oxygens (including phenoxy) is 1. The lowest BCUT2D eigenvalue weighted by Gasteiger charge is -2.13. The van der Waals surface area contributed by atoms with E-state index in [1.54, 1.807) is 0 Å². The maximum absolute atomic E-state index is 12.2. The van der Waals surface area contributed by atoms with Crippen LogP contribution in [-0.2, 0) is 11.2 Å². The summed E-state index contributed by atoms with van der Waals surface area (Å²) in [4.78, 5) is 16.8. The van der Waals surface area contributed by atoms with E-state index in [0.717, 1.165) is 24.1 Å². The summed E-state index contributed by atoms with van der Waals surface area (Å²) in [6.07, 6.45) is 14.3. The molecule has 1 atom stereocenters. The summed E-state index contributed by atoms with van der Waals surface area (Å²) in [6.45, 7) is 6.15. The molecule has 0 aliphatic rings. The van der Waals surface area contributed by atoms with Crippen LogP contribution in [0.25, 0.3) is 11.3 Å². The zero-order valence-electron chi connectivity index (χ0n) is 18.5. The minimum Gasteiger partial charge on any atom is -0.426 e. The van der Waals surface area contributed by atoms with Crippen molar-refractivity contribution in [2.45, 2.75) is 85.0 Å². The number of esters is 1. The molecule has 3 heteroatoms. The Morgan fingerprint density at radius 2 is 1.66 bits per heavy atom. The van der Waals surface area contributed by atoms with Gasteiger partial charge in [-0.3, -0.25) is 9.78 Å². The molecular weight excluding hydrogens is 358 g/mol. The highest BCUT2D eigenvalue weighted by molar-refractivity contribution is 5.78. The van der Waals surface area contributed by atoms with Crippen LogP contribution in [0.15, 0.2) is 42.6 Å². The van der Waals surface area contributed by atoms with E-state index < -0.39 is 0 Å². The van der Waals surface area contributed by atoms with Crippen LogP contribution in [0, 0.1) is 5.92 Å². The first-order valence-electron chi connectivity index (χ1n) is 11.4. The van der Waals surface area contributed by atoms with E-state index in [-0.39, 0.29) is 11.9 Å². The van der Waals surface area contributed by atoms with Gasteiger partial charge in [-0.1, -0.05) is 77.8 Å². The van der Waals surface area contributed by atoms with E-state index in [0.29, 0.717) is 5.75 Å². The molecule has 1 aromatic carbocycles. The van der Waals surface area contributed by atoms with Gasteiger partial charge in [-0.05, 0) is 49.1 Å². The molecule has 3 nitrogen and oxygen atoms in total. The first-order chi connectivity index (χ1) is 14.2. The second-order valence-electron chi connectivity index (χ2n) is 8.00. The van der Waals surface area contributed by atoms with Gasteiger partial charge < -0.3 is 4.74 Å². The number of hydrogen-bond donors (Lipinski definition) is 0. The highest BCUT2D eigenvalue weighted by Gasteiger charge is 2.16. The molecule has 2 rings (SSSR count). The molecule has 0 spiro atoms. The number of pyridine rings is 1. The molecule has 2 aromatic rings. The van der Waals surface area contributed by atoms with Gasteiger partial charge in [0.05, 0.1) is 11.6 Å². The van der Waals surface area contributed by atoms with Crippen LogP contribution in [0.1, 0.15) is 84.1 Å². The van der Waals surface area contributed by atoms with E-state index >= 15 is 0 Å². The molecule has 0 N–H and O–H groups in total. The predicted molar refractivity (Wildman–Crippen MR) is 121 cm³/mol. The van der Waals surface area contributed by atoms with Crippen molar-refractivity contribution in [3.05, 3.63) is 48.2 Å². The fourth-order valence-electron chi connectivity index (χ4n) is 3.38. The van der Waals surface area contributed by atoms with E-state index in [1.165, 1.54) is 56.9 Å². The van der Waals surface area contributed by atoms with Crippen molar-refractivity contribution in [2.75, 3.05) is 0 Å². The van der Waals surface area contributed by atoms with Gasteiger partial charge in [-0.2, -0.15) is 0 Å². The molecule has 1 heterocycles. The van der Waals surface area contributed by atoms with Gasteiger partial charge in [-0.15, -0.1) is 0 Å². The summed E-state index contributed by atoms with van der Waals surface area (Å²) in [5.74, 6) is 0.300. The number of aryl methyl sites for hydroxylation is 1. The third-order valence-corrected chi connectivity index (χ3v) is 5.53. The summed E-state index contributed by atoms with van der Waals surface area (Å²) in [7, 11) is 0. The van der Waals surface area contributed by atoms with Crippen LogP contribution >= 0.6 is 0 Å². The summed E-state index contributed by atoms with van der Waals surface area (Å²) >= 11 is 0. The number of carbonyl (C=O) groups is 1. The minimum absolute atomic E-state index is 0.107. The van der Waals surface area contributed by atoms with Gasteiger partial charge in [0, 0.05) is 11.8 Å². The SMILES string of the molecule is CCCCCCCCCCc1ccnc(-c2ccccc2OC(=O)C(C)CC)c1. The van der Waals surface area contributed by atoms with Crippen LogP contribution in [0.2, 0.25) is 0 Å². The molecule has 158 valence electrons. The third kappa shape index (κ3) is 8.00. The van der Waals surface area contributed by atoms with E-state index in [9.17, 15) is 4.79 Å². The van der Waals surface area contributed by atoms with E-state index in [1.807, 2.05) is 44.3 Å². The van der Waals surface area contributed by atoms with Crippen molar-refractivity contribution < 1.29 is 9.53 Å². The van der Waals surface area contributed by atoms with Gasteiger partial charge >= 0.3 is 5.97 Å². The summed E-state index contributed by atoms with van der Waals surface area (Å²) in [6, 6.07) is 11.9. The molecule has 1 aromatic heterocycles. The summed E-state index contributed by atoms with van der Waals surface area (Å²) in [5, 5.41) is 0. The molecule has 0 saturated carbocycles. The van der Waals surface area contributed by atoms with Gasteiger partial charge in [-0.25, -0.2) is 0 Å². The second-order valence-corrected chi connectivity index (χ2v) is 8.00. The lowest BCUT2D eigenvalue weighted by molar-refractivity contribution is -0.138. The van der Waals surface area contributed by atoms with Crippen molar-refractivity contribution in [3.63, 3.8) is 0 Å². The fraction of sp³-hybridized carbons (Fsp3) is 0.538. The lowest BCUT2D eigenvalue weighted by Crippen LogP contribution is -2.17. The molecule has 0 amide bonds. The van der Waals surface area contributed by atoms with Crippen LogP contribution in [-0.4, -0.2) is 11.0 Å². The molecule has 0 radical (unpaired) electrons. The number of carbonyl (C=O) groups excluding carboxylic acids is 1. The van der Waals surface area contributed by atoms with Crippen molar-refractivity contribution >= 4 is 5.97 Å². The maximum atomic E-state index is 12.2. The van der Waals surface area contributed by atoms with Crippen LogP contribution in [0.3, 0.4) is 0 Å². The Hall–Kier alpha value is -2.16. The second kappa shape index (κ2) is 13.1. The van der Waals surface area contributed by atoms with E-state index in [2.05, 4.69) is 24.0 Å². The third-order valence-electron chi connectivity index (χ3n) is 5.53. The van der Waals surface area contributed by atoms with Crippen LogP contribution < -0.4 is 4.74 Å². The Labute approximate surface area is 176 Å². The average Bonchev–Trinajstić information content (AvgIpc) is 2.75. The van der Waals surface area contributed by atoms with E-state index in [4.69, 9.17) is 4.74 Å². The summed E-state index contributed by atoms with van der Waals surface area (Å²) < 4.78 is 5.67. The Morgan fingerprint density at radius 1 is 0.966 bits per heavy atom. The van der Waals surface area contributed by atoms with Crippen molar-refractivity contribution in [1.82, 2.24) is 4.98 Å². The van der Waals surface area contributed by atoms with Gasteiger partial charge in [0.15, 0.2) is 0 Å². The largest absolute Gasteiger partial charge is 0.426 e. The number of aromatic nitrogens is 1. The zero-order valence-corrected chi connectivity index (χ0v) is 18.5. The number of rotatable bonds is 13. The molecule has 0 fully saturated rings. The number of benzene rings is 1. The number of para-hydroxylation sites is 1. The standard InChI is InChI=1S/C26H37NO2/c1-4-6-7-8-9-10-11-12-15-22-18-19-27-24(20-22)23-16-13-14-17-25(23)29-26(28)21(3)5-2/h13-14,16-21H,4-12,15H2,1-3H3. The van der Waals surface area contributed by atoms with Crippen molar-refractivity contribution in [3.8, 4) is 17.0 Å². The monoisotopic (exact) mass is 395 g/mol. The predicted octanol–water partition coefficient (Wildman–Crippen LogP) is 7.38. The number of nitrogens with zero attached hydrogens (tertiary/aromatic N) is 1. The molecule has 0 saturated heterocycles. The topological polar surface area (TPSA) is 39.2 Å². The molecule has 29 heavy (non-hydrogen) atoms. The Morgan fingerprint density at radius 3 is 2.38 bits per heavy atom. The smallest absolute Gasteiger partial charge is 0.314 e. The Balaban J connectivity index is 1.93. The van der Waals surface area contributed by atoms with Gasteiger partial charge in [0.1, 0.15) is 5.75 Å². The quantitative estimate of drug-likeness (QED) is 0.202. The molecule has 1 unspecified atom stereocenters. The van der Waals surface area contributed by atoms with Crippen LogP contribution in [0.5, 0.6) is 5.75 Å². The lowest BCUT2D eigenvalue weighted by atomic mass is 10.0. The van der Waals surface area contributed by atoms with Crippen molar-refractivity contribution in [2.24, 2.45) is 5.92 Å². The minimum atomic E-state index is -0.185. The number of hydrogen-bond acceptors (Lipinski definition) is 3. The zero-order chi connectivity index (χ0) is 20.9. The normalized spacial score (nSPS) is 12.0. The first-order valence-corrected chi connectivity index (χ1v) is 11.4. The molecule has 0 aliphatic heterocycles. The van der Waals surface area contributed by atoms with Crippen LogP contribution in [0.4, 0.5) is 0 Å². The molecule has 0 aliphatic carbocycles. The highest BCUT2D eigenvalue weighted by atomic mass is 16.5. The van der Waals surface area contributed by atoms with Gasteiger partial charge in [0.2, 0.25) is 0 Å². The highest BCUT2D eigenvalue weighted by Crippen LogP contribution is 2.30. The average molecular weight is 396 g/mol. The van der Waals surface area contributed by atoms with Gasteiger partial charge in [0.25, 0.3) is 0 Å². The number of unbranched alkanes of at least 4 members (excludes halogenated alkanes) is 7. The maximum Gasteiger partial charge on any atom is 0.314 e. The molecule has 0 bridgehead atoms. The summed E-state index contributed by atoms with van der Waals surface area (Å²) in [5.41, 5.74) is 3.04. The molecular formula is C26H37NO2. The first kappa shape index (κ1) is 23.1. The fourth-order valence-corrected chi connectivity index (χ4v) is 3.38. The van der Waals surface area contributed by atoms with Crippen molar-refractivity contribution in [1.29, 1.82) is 0 Å². The Kier molecular flexibility index (Phi) is 10.5.